The van der Waals surface area contributed by atoms with Crippen LogP contribution in [0.5, 0.6) is 0 Å². The van der Waals surface area contributed by atoms with Crippen molar-refractivity contribution in [1.82, 2.24) is 9.55 Å². The standard InChI is InChI=1S/C14H11N3O2/c18-17(19)13-8-10-9-4-1-2-6-12(9)16-7-3-5-11(15-13)14(10)16/h1-2,4,6,8H,3,5,7H2. The molecule has 19 heavy (non-hydrogen) atoms. The Labute approximate surface area is 108 Å². The molecule has 0 saturated carbocycles. The van der Waals surface area contributed by atoms with Gasteiger partial charge in [-0.15, -0.1) is 0 Å². The summed E-state index contributed by atoms with van der Waals surface area (Å²) >= 11 is 0. The maximum Gasteiger partial charge on any atom is 0.364 e. The van der Waals surface area contributed by atoms with Gasteiger partial charge in [0.1, 0.15) is 0 Å². The number of aromatic nitrogens is 2. The molecule has 0 N–H and O–H groups in total. The second kappa shape index (κ2) is 3.54. The number of nitro groups is 1. The van der Waals surface area contributed by atoms with Gasteiger partial charge in [0.05, 0.1) is 5.52 Å². The van der Waals surface area contributed by atoms with E-state index in [1.807, 2.05) is 18.2 Å². The fourth-order valence-corrected chi connectivity index (χ4v) is 3.04. The number of aryl methyl sites for hydroxylation is 2. The van der Waals surface area contributed by atoms with E-state index < -0.39 is 4.92 Å². The maximum absolute atomic E-state index is 11.0. The number of pyridine rings is 1. The molecule has 0 aliphatic carbocycles. The van der Waals surface area contributed by atoms with Crippen molar-refractivity contribution >= 4 is 27.6 Å². The van der Waals surface area contributed by atoms with Crippen molar-refractivity contribution in [3.8, 4) is 0 Å². The van der Waals surface area contributed by atoms with Crippen molar-refractivity contribution < 1.29 is 4.92 Å². The average molecular weight is 253 g/mol. The second-order valence-corrected chi connectivity index (χ2v) is 4.85. The topological polar surface area (TPSA) is 61.0 Å². The zero-order chi connectivity index (χ0) is 13.0. The number of benzene rings is 1. The summed E-state index contributed by atoms with van der Waals surface area (Å²) in [5.74, 6) is -0.0488. The van der Waals surface area contributed by atoms with Crippen LogP contribution in [0.3, 0.4) is 0 Å². The highest BCUT2D eigenvalue weighted by Gasteiger charge is 2.24. The molecule has 1 aliphatic heterocycles. The summed E-state index contributed by atoms with van der Waals surface area (Å²) in [7, 11) is 0. The summed E-state index contributed by atoms with van der Waals surface area (Å²) in [5, 5.41) is 13.0. The molecule has 1 aliphatic rings. The Morgan fingerprint density at radius 3 is 2.95 bits per heavy atom. The average Bonchev–Trinajstić information content (AvgIpc) is 2.76. The van der Waals surface area contributed by atoms with Crippen molar-refractivity contribution in [2.24, 2.45) is 0 Å². The predicted octanol–water partition coefficient (Wildman–Crippen LogP) is 3.04. The minimum absolute atomic E-state index is 0.0488. The summed E-state index contributed by atoms with van der Waals surface area (Å²) in [6, 6.07) is 9.66. The lowest BCUT2D eigenvalue weighted by Crippen LogP contribution is -2.09. The monoisotopic (exact) mass is 253 g/mol. The molecule has 2 aromatic heterocycles. The van der Waals surface area contributed by atoms with Gasteiger partial charge in [-0.2, -0.15) is 0 Å². The summed E-state index contributed by atoms with van der Waals surface area (Å²) in [6.45, 7) is 0.955. The van der Waals surface area contributed by atoms with E-state index in [0.717, 1.165) is 46.9 Å². The molecule has 5 heteroatoms. The Balaban J connectivity index is 2.25. The van der Waals surface area contributed by atoms with Crippen LogP contribution in [-0.2, 0) is 13.0 Å². The number of hydrogen-bond donors (Lipinski definition) is 0. The molecule has 0 amide bonds. The van der Waals surface area contributed by atoms with Crippen LogP contribution in [0.1, 0.15) is 12.1 Å². The van der Waals surface area contributed by atoms with Gasteiger partial charge in [-0.25, -0.2) is 0 Å². The molecule has 4 rings (SSSR count). The molecular formula is C14H11N3O2. The maximum atomic E-state index is 11.0. The van der Waals surface area contributed by atoms with Crippen molar-refractivity contribution in [2.45, 2.75) is 19.4 Å². The Bertz CT molecular complexity index is 835. The van der Waals surface area contributed by atoms with E-state index in [1.54, 1.807) is 6.07 Å². The van der Waals surface area contributed by atoms with Crippen LogP contribution in [0.25, 0.3) is 21.8 Å². The van der Waals surface area contributed by atoms with Crippen LogP contribution in [-0.4, -0.2) is 14.5 Å². The van der Waals surface area contributed by atoms with Gasteiger partial charge in [0.15, 0.2) is 5.69 Å². The van der Waals surface area contributed by atoms with E-state index in [1.165, 1.54) is 0 Å². The Kier molecular flexibility index (Phi) is 1.95. The molecule has 0 atom stereocenters. The molecule has 5 nitrogen and oxygen atoms in total. The summed E-state index contributed by atoms with van der Waals surface area (Å²) in [6.07, 6.45) is 1.80. The molecular weight excluding hydrogens is 242 g/mol. The van der Waals surface area contributed by atoms with E-state index in [-0.39, 0.29) is 5.82 Å². The molecule has 0 bridgehead atoms. The largest absolute Gasteiger partial charge is 0.364 e. The zero-order valence-electron chi connectivity index (χ0n) is 10.2. The smallest absolute Gasteiger partial charge is 0.358 e. The first kappa shape index (κ1) is 10.5. The lowest BCUT2D eigenvalue weighted by molar-refractivity contribution is -0.389. The number of nitrogens with zero attached hydrogens (tertiary/aromatic N) is 3. The third kappa shape index (κ3) is 1.32. The lowest BCUT2D eigenvalue weighted by atomic mass is 10.1. The van der Waals surface area contributed by atoms with Gasteiger partial charge < -0.3 is 14.7 Å². The normalized spacial score (nSPS) is 14.1. The van der Waals surface area contributed by atoms with Crippen molar-refractivity contribution in [2.75, 3.05) is 0 Å². The summed E-state index contributed by atoms with van der Waals surface area (Å²) in [4.78, 5) is 14.8. The third-order valence-corrected chi connectivity index (χ3v) is 3.79. The van der Waals surface area contributed by atoms with Crippen LogP contribution in [0, 0.1) is 10.1 Å². The molecule has 0 unspecified atom stereocenters. The molecule has 0 radical (unpaired) electrons. The van der Waals surface area contributed by atoms with Crippen molar-refractivity contribution in [1.29, 1.82) is 0 Å². The number of rotatable bonds is 1. The van der Waals surface area contributed by atoms with Gasteiger partial charge in [-0.1, -0.05) is 18.2 Å². The van der Waals surface area contributed by atoms with Crippen LogP contribution in [0.4, 0.5) is 5.82 Å². The molecule has 0 saturated heterocycles. The Hall–Kier alpha value is -2.43. The molecule has 1 aromatic carbocycles. The van der Waals surface area contributed by atoms with Gasteiger partial charge in [0, 0.05) is 35.3 Å². The second-order valence-electron chi connectivity index (χ2n) is 4.85. The van der Waals surface area contributed by atoms with Gasteiger partial charge in [0.25, 0.3) is 0 Å². The van der Waals surface area contributed by atoms with Gasteiger partial charge >= 0.3 is 5.82 Å². The minimum atomic E-state index is -0.406. The summed E-state index contributed by atoms with van der Waals surface area (Å²) < 4.78 is 2.24. The fourth-order valence-electron chi connectivity index (χ4n) is 3.04. The van der Waals surface area contributed by atoms with Gasteiger partial charge in [-0.3, -0.25) is 0 Å². The van der Waals surface area contributed by atoms with E-state index in [0.29, 0.717) is 0 Å². The SMILES string of the molecule is O=[N+]([O-])c1cc2c3ccccc3n3c2c(n1)CCC3. The number of hydrogen-bond acceptors (Lipinski definition) is 3. The first-order chi connectivity index (χ1) is 9.25. The van der Waals surface area contributed by atoms with Crippen molar-refractivity contribution in [3.63, 3.8) is 0 Å². The molecule has 3 aromatic rings. The van der Waals surface area contributed by atoms with Crippen LogP contribution >= 0.6 is 0 Å². The first-order valence-corrected chi connectivity index (χ1v) is 6.31. The summed E-state index contributed by atoms with van der Waals surface area (Å²) in [5.41, 5.74) is 3.06. The van der Waals surface area contributed by atoms with Gasteiger partial charge in [-0.05, 0) is 22.4 Å². The van der Waals surface area contributed by atoms with E-state index >= 15 is 0 Å². The molecule has 0 spiro atoms. The molecule has 3 heterocycles. The van der Waals surface area contributed by atoms with Crippen LogP contribution < -0.4 is 0 Å². The van der Waals surface area contributed by atoms with E-state index in [2.05, 4.69) is 15.6 Å². The first-order valence-electron chi connectivity index (χ1n) is 6.31. The number of fused-ring (bicyclic) bond motifs is 3. The van der Waals surface area contributed by atoms with Crippen LogP contribution in [0.2, 0.25) is 0 Å². The zero-order valence-corrected chi connectivity index (χ0v) is 10.2. The Morgan fingerprint density at radius 2 is 2.11 bits per heavy atom. The molecule has 0 fully saturated rings. The number of para-hydroxylation sites is 1. The third-order valence-electron chi connectivity index (χ3n) is 3.79. The minimum Gasteiger partial charge on any atom is -0.358 e. The predicted molar refractivity (Wildman–Crippen MR) is 72.2 cm³/mol. The highest BCUT2D eigenvalue weighted by atomic mass is 16.6. The van der Waals surface area contributed by atoms with E-state index in [9.17, 15) is 10.1 Å². The van der Waals surface area contributed by atoms with Gasteiger partial charge in [0.2, 0.25) is 0 Å². The lowest BCUT2D eigenvalue weighted by Gasteiger charge is -2.12. The van der Waals surface area contributed by atoms with Crippen molar-refractivity contribution in [3.05, 3.63) is 46.1 Å². The van der Waals surface area contributed by atoms with Crippen LogP contribution in [0.15, 0.2) is 30.3 Å². The fraction of sp³-hybridized carbons (Fsp3) is 0.214. The molecule has 94 valence electrons. The highest BCUT2D eigenvalue weighted by Crippen LogP contribution is 2.35. The Morgan fingerprint density at radius 1 is 1.26 bits per heavy atom. The van der Waals surface area contributed by atoms with E-state index in [4.69, 9.17) is 0 Å². The highest BCUT2D eigenvalue weighted by molar-refractivity contribution is 6.09. The quantitative estimate of drug-likeness (QED) is 0.494.